The fraction of sp³-hybridized carbons (Fsp3) is 0.250. The van der Waals surface area contributed by atoms with Crippen LogP contribution in [0.2, 0.25) is 0 Å². The number of nitrogens with one attached hydrogen (secondary N) is 2. The van der Waals surface area contributed by atoms with Crippen molar-refractivity contribution < 1.29 is 22.7 Å². The molecule has 2 aromatic carbocycles. The monoisotopic (exact) mass is 465 g/mol. The fourth-order valence-corrected chi connectivity index (χ4v) is 4.73. The number of carbonyl (C=O) groups is 1. The van der Waals surface area contributed by atoms with E-state index in [2.05, 4.69) is 15.0 Å². The molecule has 8 nitrogen and oxygen atoms in total. The third-order valence-corrected chi connectivity index (χ3v) is 7.62. The summed E-state index contributed by atoms with van der Waals surface area (Å²) in [6.45, 7) is 2.08. The molecule has 1 aliphatic carbocycles. The number of hydrogen-bond donors (Lipinski definition) is 2. The molecule has 3 aromatic rings. The van der Waals surface area contributed by atoms with Crippen LogP contribution in [-0.2, 0) is 20.2 Å². The summed E-state index contributed by atoms with van der Waals surface area (Å²) in [6, 6.07) is 14.1. The molecule has 5 rings (SSSR count). The number of pyridine rings is 1. The number of hydrogen-bond acceptors (Lipinski definition) is 6. The molecule has 33 heavy (non-hydrogen) atoms. The number of nitrogens with zero attached hydrogens (tertiary/aromatic N) is 1. The SMILES string of the molecule is CNS(=O)(=O)c1ccc(-c2cnc(NC(=O)C3(c4ccc5c(c4)OCO5)CC3)c(C)c2)cc1. The highest BCUT2D eigenvalue weighted by atomic mass is 32.2. The minimum atomic E-state index is -3.49. The third kappa shape index (κ3) is 3.83. The first-order chi connectivity index (χ1) is 15.8. The summed E-state index contributed by atoms with van der Waals surface area (Å²) in [5.41, 5.74) is 2.81. The zero-order valence-corrected chi connectivity index (χ0v) is 19.0. The number of carbonyl (C=O) groups excluding carboxylic acids is 1. The highest BCUT2D eigenvalue weighted by molar-refractivity contribution is 7.89. The van der Waals surface area contributed by atoms with E-state index in [-0.39, 0.29) is 17.6 Å². The van der Waals surface area contributed by atoms with Crippen LogP contribution < -0.4 is 19.5 Å². The first-order valence-corrected chi connectivity index (χ1v) is 12.0. The lowest BCUT2D eigenvalue weighted by Crippen LogP contribution is -2.28. The van der Waals surface area contributed by atoms with E-state index < -0.39 is 15.4 Å². The first kappa shape index (κ1) is 21.4. The number of amides is 1. The van der Waals surface area contributed by atoms with Crippen LogP contribution in [0.5, 0.6) is 11.5 Å². The lowest BCUT2D eigenvalue weighted by atomic mass is 9.94. The average molecular weight is 466 g/mol. The van der Waals surface area contributed by atoms with Gasteiger partial charge in [0.1, 0.15) is 5.82 Å². The van der Waals surface area contributed by atoms with Gasteiger partial charge in [0.25, 0.3) is 0 Å². The van der Waals surface area contributed by atoms with Crippen molar-refractivity contribution in [3.63, 3.8) is 0 Å². The molecule has 0 bridgehead atoms. The second kappa shape index (κ2) is 7.86. The number of aromatic nitrogens is 1. The molecular formula is C24H23N3O5S. The van der Waals surface area contributed by atoms with Gasteiger partial charge >= 0.3 is 0 Å². The maximum atomic E-state index is 13.2. The highest BCUT2D eigenvalue weighted by Crippen LogP contribution is 2.51. The van der Waals surface area contributed by atoms with Crippen LogP contribution in [0, 0.1) is 6.92 Å². The van der Waals surface area contributed by atoms with Crippen molar-refractivity contribution in [2.45, 2.75) is 30.1 Å². The normalized spacial score (nSPS) is 15.8. The van der Waals surface area contributed by atoms with Crippen LogP contribution in [0.1, 0.15) is 24.0 Å². The Morgan fingerprint density at radius 2 is 1.73 bits per heavy atom. The third-order valence-electron chi connectivity index (χ3n) is 6.19. The molecule has 1 amide bonds. The molecule has 1 aliphatic heterocycles. The van der Waals surface area contributed by atoms with Crippen LogP contribution in [0.25, 0.3) is 11.1 Å². The Balaban J connectivity index is 1.34. The zero-order chi connectivity index (χ0) is 23.2. The minimum Gasteiger partial charge on any atom is -0.454 e. The van der Waals surface area contributed by atoms with Crippen LogP contribution in [-0.4, -0.2) is 33.1 Å². The van der Waals surface area contributed by atoms with E-state index in [0.29, 0.717) is 17.3 Å². The molecule has 170 valence electrons. The fourth-order valence-electron chi connectivity index (χ4n) is 4.00. The van der Waals surface area contributed by atoms with E-state index in [1.165, 1.54) is 7.05 Å². The van der Waals surface area contributed by atoms with Crippen molar-refractivity contribution in [1.29, 1.82) is 0 Å². The van der Waals surface area contributed by atoms with Gasteiger partial charge < -0.3 is 14.8 Å². The van der Waals surface area contributed by atoms with Gasteiger partial charge in [0, 0.05) is 11.8 Å². The number of benzene rings is 2. The van der Waals surface area contributed by atoms with Gasteiger partial charge in [-0.05, 0) is 73.8 Å². The average Bonchev–Trinajstić information content (AvgIpc) is 3.51. The maximum absolute atomic E-state index is 13.2. The summed E-state index contributed by atoms with van der Waals surface area (Å²) in [5, 5.41) is 2.98. The highest BCUT2D eigenvalue weighted by Gasteiger charge is 2.51. The summed E-state index contributed by atoms with van der Waals surface area (Å²) in [6.07, 6.45) is 3.19. The van der Waals surface area contributed by atoms with Crippen molar-refractivity contribution in [2.24, 2.45) is 0 Å². The molecule has 0 unspecified atom stereocenters. The summed E-state index contributed by atoms with van der Waals surface area (Å²) in [7, 11) is -2.11. The Bertz CT molecular complexity index is 1350. The Labute approximate surface area is 192 Å². The van der Waals surface area contributed by atoms with Crippen molar-refractivity contribution in [3.05, 3.63) is 65.9 Å². The second-order valence-corrected chi connectivity index (χ2v) is 10.1. The summed E-state index contributed by atoms with van der Waals surface area (Å²) >= 11 is 0. The molecule has 0 atom stereocenters. The predicted octanol–water partition coefficient (Wildman–Crippen LogP) is 3.36. The van der Waals surface area contributed by atoms with Gasteiger partial charge in [-0.3, -0.25) is 4.79 Å². The van der Waals surface area contributed by atoms with E-state index in [1.54, 1.807) is 30.5 Å². The lowest BCUT2D eigenvalue weighted by molar-refractivity contribution is -0.118. The topological polar surface area (TPSA) is 107 Å². The number of fused-ring (bicyclic) bond motifs is 1. The van der Waals surface area contributed by atoms with Crippen LogP contribution in [0.15, 0.2) is 59.6 Å². The Morgan fingerprint density at radius 3 is 2.39 bits per heavy atom. The maximum Gasteiger partial charge on any atom is 0.240 e. The van der Waals surface area contributed by atoms with Crippen LogP contribution in [0.4, 0.5) is 5.82 Å². The van der Waals surface area contributed by atoms with Crippen LogP contribution in [0.3, 0.4) is 0 Å². The molecule has 0 spiro atoms. The van der Waals surface area contributed by atoms with Gasteiger partial charge in [-0.15, -0.1) is 0 Å². The van der Waals surface area contributed by atoms with Gasteiger partial charge in [0.05, 0.1) is 10.3 Å². The van der Waals surface area contributed by atoms with Crippen molar-refractivity contribution in [3.8, 4) is 22.6 Å². The quantitative estimate of drug-likeness (QED) is 0.578. The molecule has 9 heteroatoms. The Kier molecular flexibility index (Phi) is 5.10. The van der Waals surface area contributed by atoms with Gasteiger partial charge in [0.15, 0.2) is 11.5 Å². The van der Waals surface area contributed by atoms with Crippen molar-refractivity contribution in [1.82, 2.24) is 9.71 Å². The second-order valence-electron chi connectivity index (χ2n) is 8.23. The Morgan fingerprint density at radius 1 is 1.00 bits per heavy atom. The zero-order valence-electron chi connectivity index (χ0n) is 18.2. The molecule has 0 saturated heterocycles. The van der Waals surface area contributed by atoms with Gasteiger partial charge in [-0.1, -0.05) is 18.2 Å². The Hall–Kier alpha value is -3.43. The van der Waals surface area contributed by atoms with Gasteiger partial charge in [-0.2, -0.15) is 0 Å². The lowest BCUT2D eigenvalue weighted by Gasteiger charge is -2.17. The molecule has 1 saturated carbocycles. The molecule has 2 N–H and O–H groups in total. The largest absolute Gasteiger partial charge is 0.454 e. The van der Waals surface area contributed by atoms with E-state index in [9.17, 15) is 13.2 Å². The predicted molar refractivity (Wildman–Crippen MR) is 123 cm³/mol. The summed E-state index contributed by atoms with van der Waals surface area (Å²) in [4.78, 5) is 17.8. The van der Waals surface area contributed by atoms with E-state index in [1.807, 2.05) is 31.2 Å². The van der Waals surface area contributed by atoms with Crippen molar-refractivity contribution in [2.75, 3.05) is 19.2 Å². The summed E-state index contributed by atoms with van der Waals surface area (Å²) < 4.78 is 37.0. The van der Waals surface area contributed by atoms with E-state index in [0.717, 1.165) is 35.1 Å². The van der Waals surface area contributed by atoms with Crippen LogP contribution >= 0.6 is 0 Å². The number of rotatable bonds is 6. The molecule has 0 radical (unpaired) electrons. The smallest absolute Gasteiger partial charge is 0.240 e. The van der Waals surface area contributed by atoms with E-state index >= 15 is 0 Å². The van der Waals surface area contributed by atoms with Gasteiger partial charge in [0.2, 0.25) is 22.7 Å². The van der Waals surface area contributed by atoms with Gasteiger partial charge in [-0.25, -0.2) is 18.1 Å². The number of ether oxygens (including phenoxy) is 2. The van der Waals surface area contributed by atoms with Crippen molar-refractivity contribution >= 4 is 21.7 Å². The summed E-state index contributed by atoms with van der Waals surface area (Å²) in [5.74, 6) is 1.77. The number of aryl methyl sites for hydroxylation is 1. The molecule has 2 aliphatic rings. The number of anilines is 1. The standard InChI is InChI=1S/C24H23N3O5S/c1-15-11-17(16-3-6-19(7-4-16)33(29,30)25-2)13-26-22(15)27-23(28)24(9-10-24)18-5-8-20-21(12-18)32-14-31-20/h3-8,11-13,25H,9-10,14H2,1-2H3,(H,26,27,28). The minimum absolute atomic E-state index is 0.0914. The number of sulfonamides is 1. The first-order valence-electron chi connectivity index (χ1n) is 10.5. The van der Waals surface area contributed by atoms with E-state index in [4.69, 9.17) is 9.47 Å². The molecule has 1 fully saturated rings. The molecule has 2 heterocycles. The molecule has 1 aromatic heterocycles. The molecular weight excluding hydrogens is 442 g/mol.